The lowest BCUT2D eigenvalue weighted by Crippen LogP contribution is -2.44. The van der Waals surface area contributed by atoms with Crippen molar-refractivity contribution in [3.63, 3.8) is 0 Å². The molecule has 1 amide bonds. The fraction of sp³-hybridized carbons (Fsp3) is 0.750. The highest BCUT2D eigenvalue weighted by molar-refractivity contribution is 5.88. The van der Waals surface area contributed by atoms with E-state index < -0.39 is 0 Å². The van der Waals surface area contributed by atoms with Crippen LogP contribution in [0.5, 0.6) is 0 Å². The normalized spacial score (nSPS) is 15.7. The summed E-state index contributed by atoms with van der Waals surface area (Å²) in [7, 11) is 0. The summed E-state index contributed by atoms with van der Waals surface area (Å²) in [4.78, 5) is 13.8. The highest BCUT2D eigenvalue weighted by atomic mass is 16.3. The minimum atomic E-state index is 0.105. The first-order chi connectivity index (χ1) is 7.15. The van der Waals surface area contributed by atoms with Crippen molar-refractivity contribution >= 4 is 5.91 Å². The van der Waals surface area contributed by atoms with Gasteiger partial charge in [0.25, 0.3) is 0 Å². The molecule has 0 saturated heterocycles. The van der Waals surface area contributed by atoms with Crippen LogP contribution in [0.2, 0.25) is 0 Å². The van der Waals surface area contributed by atoms with Crippen molar-refractivity contribution in [3.8, 4) is 0 Å². The smallest absolute Gasteiger partial charge is 0.246 e. The number of carbonyl (C=O) groups excluding carboxylic acids is 1. The monoisotopic (exact) mass is 211 g/mol. The van der Waals surface area contributed by atoms with E-state index in [4.69, 9.17) is 5.11 Å². The minimum absolute atomic E-state index is 0.105. The Morgan fingerprint density at radius 2 is 2.13 bits per heavy atom. The van der Waals surface area contributed by atoms with Crippen molar-refractivity contribution in [1.82, 2.24) is 4.90 Å². The first-order valence-electron chi connectivity index (χ1n) is 5.71. The van der Waals surface area contributed by atoms with E-state index >= 15 is 0 Å². The fourth-order valence-corrected chi connectivity index (χ4v) is 1.74. The average Bonchev–Trinajstić information content (AvgIpc) is 2.07. The highest BCUT2D eigenvalue weighted by Crippen LogP contribution is 2.25. The van der Waals surface area contributed by atoms with E-state index in [2.05, 4.69) is 0 Å². The summed E-state index contributed by atoms with van der Waals surface area (Å²) < 4.78 is 0. The van der Waals surface area contributed by atoms with Gasteiger partial charge in [-0.3, -0.25) is 4.79 Å². The molecule has 1 fully saturated rings. The minimum Gasteiger partial charge on any atom is -0.396 e. The Kier molecular flexibility index (Phi) is 4.82. The van der Waals surface area contributed by atoms with E-state index in [1.807, 2.05) is 18.7 Å². The van der Waals surface area contributed by atoms with E-state index in [-0.39, 0.29) is 12.5 Å². The maximum atomic E-state index is 11.9. The molecular weight excluding hydrogens is 190 g/mol. The Morgan fingerprint density at radius 3 is 2.53 bits per heavy atom. The maximum Gasteiger partial charge on any atom is 0.246 e. The molecule has 0 aromatic carbocycles. The molecule has 0 heterocycles. The van der Waals surface area contributed by atoms with Crippen molar-refractivity contribution < 1.29 is 9.90 Å². The van der Waals surface area contributed by atoms with Crippen LogP contribution >= 0.6 is 0 Å². The number of hydrogen-bond donors (Lipinski definition) is 1. The van der Waals surface area contributed by atoms with Crippen LogP contribution in [0, 0.1) is 0 Å². The van der Waals surface area contributed by atoms with Crippen LogP contribution in [0.4, 0.5) is 0 Å². The number of amides is 1. The molecule has 1 saturated carbocycles. The third-order valence-corrected chi connectivity index (χ3v) is 2.77. The SMILES string of the molecule is CC(C)=CC(=O)N(CCCO)C1CCC1. The van der Waals surface area contributed by atoms with Gasteiger partial charge in [-0.1, -0.05) is 5.57 Å². The number of rotatable bonds is 5. The zero-order valence-corrected chi connectivity index (χ0v) is 9.70. The Labute approximate surface area is 91.8 Å². The standard InChI is InChI=1S/C12H21NO2/c1-10(2)9-12(15)13(7-4-8-14)11-5-3-6-11/h9,11,14H,3-8H2,1-2H3. The molecule has 0 aromatic heterocycles. The fourth-order valence-electron chi connectivity index (χ4n) is 1.74. The van der Waals surface area contributed by atoms with Gasteiger partial charge in [-0.05, 0) is 39.5 Å². The number of nitrogens with zero attached hydrogens (tertiary/aromatic N) is 1. The van der Waals surface area contributed by atoms with Gasteiger partial charge in [0.05, 0.1) is 0 Å². The maximum absolute atomic E-state index is 11.9. The summed E-state index contributed by atoms with van der Waals surface area (Å²) in [6.07, 6.45) is 5.83. The topological polar surface area (TPSA) is 40.5 Å². The molecule has 0 aliphatic heterocycles. The predicted molar refractivity (Wildman–Crippen MR) is 60.5 cm³/mol. The molecule has 0 aromatic rings. The van der Waals surface area contributed by atoms with Gasteiger partial charge in [0.15, 0.2) is 0 Å². The lowest BCUT2D eigenvalue weighted by Gasteiger charge is -2.37. The van der Waals surface area contributed by atoms with Crippen LogP contribution in [-0.2, 0) is 4.79 Å². The molecule has 3 nitrogen and oxygen atoms in total. The number of allylic oxidation sites excluding steroid dienone is 1. The second-order valence-corrected chi connectivity index (χ2v) is 4.42. The van der Waals surface area contributed by atoms with Crippen molar-refractivity contribution in [2.24, 2.45) is 0 Å². The molecule has 1 aliphatic rings. The van der Waals surface area contributed by atoms with Crippen molar-refractivity contribution in [1.29, 1.82) is 0 Å². The zero-order valence-electron chi connectivity index (χ0n) is 9.70. The predicted octanol–water partition coefficient (Wildman–Crippen LogP) is 1.72. The van der Waals surface area contributed by atoms with Gasteiger partial charge in [-0.2, -0.15) is 0 Å². The quantitative estimate of drug-likeness (QED) is 0.703. The van der Waals surface area contributed by atoms with Gasteiger partial charge in [0.1, 0.15) is 0 Å². The molecule has 3 heteroatoms. The Bertz CT molecular complexity index is 240. The third-order valence-electron chi connectivity index (χ3n) is 2.77. The molecule has 0 bridgehead atoms. The molecule has 86 valence electrons. The molecule has 0 atom stereocenters. The second-order valence-electron chi connectivity index (χ2n) is 4.42. The van der Waals surface area contributed by atoms with Crippen LogP contribution in [-0.4, -0.2) is 35.1 Å². The largest absolute Gasteiger partial charge is 0.396 e. The lowest BCUT2D eigenvalue weighted by atomic mass is 9.91. The molecule has 1 N–H and O–H groups in total. The Balaban J connectivity index is 2.54. The summed E-state index contributed by atoms with van der Waals surface area (Å²) in [6.45, 7) is 4.71. The zero-order chi connectivity index (χ0) is 11.3. The van der Waals surface area contributed by atoms with E-state index in [1.54, 1.807) is 6.08 Å². The highest BCUT2D eigenvalue weighted by Gasteiger charge is 2.27. The first-order valence-corrected chi connectivity index (χ1v) is 5.71. The molecule has 1 rings (SSSR count). The average molecular weight is 211 g/mol. The van der Waals surface area contributed by atoms with Crippen LogP contribution in [0.25, 0.3) is 0 Å². The summed E-state index contributed by atoms with van der Waals surface area (Å²) in [5.74, 6) is 0.105. The van der Waals surface area contributed by atoms with Gasteiger partial charge in [0.2, 0.25) is 5.91 Å². The number of aliphatic hydroxyl groups excluding tert-OH is 1. The van der Waals surface area contributed by atoms with Gasteiger partial charge in [0, 0.05) is 25.3 Å². The van der Waals surface area contributed by atoms with Crippen molar-refractivity contribution in [2.45, 2.75) is 45.6 Å². The van der Waals surface area contributed by atoms with E-state index in [0.29, 0.717) is 19.0 Å². The van der Waals surface area contributed by atoms with Crippen LogP contribution in [0.15, 0.2) is 11.6 Å². The molecule has 0 spiro atoms. The number of aliphatic hydroxyl groups is 1. The van der Waals surface area contributed by atoms with E-state index in [1.165, 1.54) is 6.42 Å². The van der Waals surface area contributed by atoms with Crippen LogP contribution in [0.3, 0.4) is 0 Å². The second kappa shape index (κ2) is 5.91. The molecule has 15 heavy (non-hydrogen) atoms. The summed E-state index contributed by atoms with van der Waals surface area (Å²) in [5, 5.41) is 8.80. The Morgan fingerprint density at radius 1 is 1.47 bits per heavy atom. The molecule has 0 radical (unpaired) electrons. The summed E-state index contributed by atoms with van der Waals surface area (Å²) in [5.41, 5.74) is 1.04. The Hall–Kier alpha value is -0.830. The van der Waals surface area contributed by atoms with Gasteiger partial charge in [-0.15, -0.1) is 0 Å². The molecular formula is C12H21NO2. The first kappa shape index (κ1) is 12.2. The van der Waals surface area contributed by atoms with Gasteiger partial charge >= 0.3 is 0 Å². The summed E-state index contributed by atoms with van der Waals surface area (Å²) >= 11 is 0. The lowest BCUT2D eigenvalue weighted by molar-refractivity contribution is -0.130. The van der Waals surface area contributed by atoms with E-state index in [9.17, 15) is 4.79 Å². The van der Waals surface area contributed by atoms with Crippen LogP contribution in [0.1, 0.15) is 39.5 Å². The molecule has 0 unspecified atom stereocenters. The molecule has 1 aliphatic carbocycles. The van der Waals surface area contributed by atoms with Crippen molar-refractivity contribution in [3.05, 3.63) is 11.6 Å². The summed E-state index contributed by atoms with van der Waals surface area (Å²) in [6, 6.07) is 0.416. The number of hydrogen-bond acceptors (Lipinski definition) is 2. The third kappa shape index (κ3) is 3.67. The van der Waals surface area contributed by atoms with Crippen molar-refractivity contribution in [2.75, 3.05) is 13.2 Å². The number of carbonyl (C=O) groups is 1. The van der Waals surface area contributed by atoms with Gasteiger partial charge < -0.3 is 10.0 Å². The van der Waals surface area contributed by atoms with E-state index in [0.717, 1.165) is 18.4 Å². The van der Waals surface area contributed by atoms with Gasteiger partial charge in [-0.25, -0.2) is 0 Å². The van der Waals surface area contributed by atoms with Crippen LogP contribution < -0.4 is 0 Å².